The summed E-state index contributed by atoms with van der Waals surface area (Å²) in [6, 6.07) is 4.84. The largest absolute Gasteiger partial charge is 0.495 e. The molecule has 4 nitrogen and oxygen atoms in total. The van der Waals surface area contributed by atoms with Crippen LogP contribution in [0.25, 0.3) is 0 Å². The fourth-order valence-corrected chi connectivity index (χ4v) is 3.47. The minimum Gasteiger partial charge on any atom is -0.495 e. The van der Waals surface area contributed by atoms with Gasteiger partial charge < -0.3 is 4.74 Å². The van der Waals surface area contributed by atoms with Gasteiger partial charge in [-0.25, -0.2) is 8.42 Å². The van der Waals surface area contributed by atoms with Crippen molar-refractivity contribution in [2.24, 2.45) is 0 Å². The summed E-state index contributed by atoms with van der Waals surface area (Å²) in [6.07, 6.45) is 0. The van der Waals surface area contributed by atoms with E-state index in [0.29, 0.717) is 10.2 Å². The highest BCUT2D eigenvalue weighted by Crippen LogP contribution is 2.29. The average Bonchev–Trinajstić information content (AvgIpc) is 2.29. The lowest BCUT2D eigenvalue weighted by Crippen LogP contribution is -2.29. The van der Waals surface area contributed by atoms with Crippen LogP contribution in [0.4, 0.5) is 0 Å². The molecule has 0 fully saturated rings. The SMILES string of the molecule is COc1ccc(Br)cc1S(=O)(=O)N(C)CCCl. The molecule has 0 atom stereocenters. The lowest BCUT2D eigenvalue weighted by Gasteiger charge is -2.17. The van der Waals surface area contributed by atoms with Crippen LogP contribution in [0.1, 0.15) is 0 Å². The van der Waals surface area contributed by atoms with Crippen molar-refractivity contribution in [2.75, 3.05) is 26.6 Å². The molecule has 1 aromatic carbocycles. The molecule has 7 heteroatoms. The van der Waals surface area contributed by atoms with Crippen molar-refractivity contribution in [3.8, 4) is 5.75 Å². The first-order valence-corrected chi connectivity index (χ1v) is 7.56. The molecule has 0 spiro atoms. The van der Waals surface area contributed by atoms with E-state index in [-0.39, 0.29) is 17.3 Å². The Morgan fingerprint density at radius 2 is 2.12 bits per heavy atom. The lowest BCUT2D eigenvalue weighted by atomic mass is 10.3. The molecule has 0 saturated heterocycles. The van der Waals surface area contributed by atoms with E-state index in [4.69, 9.17) is 16.3 Å². The minimum absolute atomic E-state index is 0.127. The molecule has 0 aliphatic heterocycles. The van der Waals surface area contributed by atoms with E-state index in [1.165, 1.54) is 24.5 Å². The minimum atomic E-state index is -3.57. The predicted octanol–water partition coefficient (Wildman–Crippen LogP) is 2.32. The molecule has 96 valence electrons. The monoisotopic (exact) mass is 341 g/mol. The van der Waals surface area contributed by atoms with Crippen molar-refractivity contribution >= 4 is 37.6 Å². The van der Waals surface area contributed by atoms with Gasteiger partial charge in [0.1, 0.15) is 10.6 Å². The summed E-state index contributed by atoms with van der Waals surface area (Å²) in [5.41, 5.74) is 0. The lowest BCUT2D eigenvalue weighted by molar-refractivity contribution is 0.399. The van der Waals surface area contributed by atoms with Crippen molar-refractivity contribution < 1.29 is 13.2 Å². The van der Waals surface area contributed by atoms with Gasteiger partial charge in [0.25, 0.3) is 0 Å². The molecule has 0 aliphatic carbocycles. The van der Waals surface area contributed by atoms with Crippen LogP contribution in [0, 0.1) is 0 Å². The van der Waals surface area contributed by atoms with Crippen molar-refractivity contribution in [1.82, 2.24) is 4.31 Å². The Balaban J connectivity index is 3.27. The van der Waals surface area contributed by atoms with Crippen molar-refractivity contribution in [2.45, 2.75) is 4.90 Å². The Bertz CT molecular complexity index is 492. The second-order valence-corrected chi connectivity index (χ2v) is 6.62. The average molecular weight is 343 g/mol. The number of benzene rings is 1. The van der Waals surface area contributed by atoms with Crippen LogP contribution in [-0.2, 0) is 10.0 Å². The van der Waals surface area contributed by atoms with E-state index < -0.39 is 10.0 Å². The summed E-state index contributed by atoms with van der Waals surface area (Å²) in [7, 11) is -0.654. The molecule has 0 unspecified atom stereocenters. The van der Waals surface area contributed by atoms with Gasteiger partial charge in [-0.05, 0) is 18.2 Å². The Hall–Kier alpha value is -0.300. The van der Waals surface area contributed by atoms with Gasteiger partial charge in [-0.2, -0.15) is 4.31 Å². The molecule has 0 aromatic heterocycles. The van der Waals surface area contributed by atoms with E-state index >= 15 is 0 Å². The number of ether oxygens (including phenoxy) is 1. The first-order valence-electron chi connectivity index (χ1n) is 4.79. The Labute approximate surface area is 115 Å². The molecule has 0 heterocycles. The summed E-state index contributed by atoms with van der Waals surface area (Å²) in [5, 5.41) is 0. The first-order chi connectivity index (χ1) is 7.93. The summed E-state index contributed by atoms with van der Waals surface area (Å²) >= 11 is 8.79. The highest BCUT2D eigenvalue weighted by Gasteiger charge is 2.24. The molecule has 0 bridgehead atoms. The van der Waals surface area contributed by atoms with Crippen LogP contribution in [0.2, 0.25) is 0 Å². The third-order valence-corrected chi connectivity index (χ3v) is 4.75. The van der Waals surface area contributed by atoms with E-state index in [2.05, 4.69) is 15.9 Å². The summed E-state index contributed by atoms with van der Waals surface area (Å²) < 4.78 is 31.4. The van der Waals surface area contributed by atoms with Gasteiger partial charge in [-0.3, -0.25) is 0 Å². The van der Waals surface area contributed by atoms with Crippen LogP contribution in [-0.4, -0.2) is 39.3 Å². The van der Waals surface area contributed by atoms with Gasteiger partial charge in [-0.15, -0.1) is 11.6 Å². The fourth-order valence-electron chi connectivity index (χ4n) is 1.26. The normalized spacial score (nSPS) is 11.8. The summed E-state index contributed by atoms with van der Waals surface area (Å²) in [4.78, 5) is 0.127. The molecular weight excluding hydrogens is 330 g/mol. The molecule has 0 radical (unpaired) electrons. The number of methoxy groups -OCH3 is 1. The zero-order chi connectivity index (χ0) is 13.1. The molecule has 0 N–H and O–H groups in total. The van der Waals surface area contributed by atoms with Crippen LogP contribution in [0.5, 0.6) is 5.75 Å². The second kappa shape index (κ2) is 6.04. The number of rotatable bonds is 5. The maximum absolute atomic E-state index is 12.2. The number of nitrogens with zero attached hydrogens (tertiary/aromatic N) is 1. The molecule has 1 aromatic rings. The predicted molar refractivity (Wildman–Crippen MR) is 71.2 cm³/mol. The molecule has 0 aliphatic rings. The third-order valence-electron chi connectivity index (χ3n) is 2.21. The van der Waals surface area contributed by atoms with Crippen molar-refractivity contribution in [1.29, 1.82) is 0 Å². The van der Waals surface area contributed by atoms with Crippen molar-refractivity contribution in [3.63, 3.8) is 0 Å². The Kier molecular flexibility index (Phi) is 5.24. The first kappa shape index (κ1) is 14.8. The second-order valence-electron chi connectivity index (χ2n) is 3.31. The zero-order valence-electron chi connectivity index (χ0n) is 9.48. The van der Waals surface area contributed by atoms with E-state index in [9.17, 15) is 8.42 Å². The van der Waals surface area contributed by atoms with E-state index in [1.807, 2.05) is 0 Å². The van der Waals surface area contributed by atoms with Gasteiger partial charge in [0.2, 0.25) is 10.0 Å². The smallest absolute Gasteiger partial charge is 0.246 e. The van der Waals surface area contributed by atoms with Gasteiger partial charge in [0.05, 0.1) is 7.11 Å². The van der Waals surface area contributed by atoms with Gasteiger partial charge in [-0.1, -0.05) is 15.9 Å². The van der Waals surface area contributed by atoms with E-state index in [0.717, 1.165) is 0 Å². The number of hydrogen-bond acceptors (Lipinski definition) is 3. The van der Waals surface area contributed by atoms with Gasteiger partial charge >= 0.3 is 0 Å². The topological polar surface area (TPSA) is 46.6 Å². The van der Waals surface area contributed by atoms with Gasteiger partial charge in [0, 0.05) is 23.9 Å². The van der Waals surface area contributed by atoms with Crippen LogP contribution < -0.4 is 4.74 Å². The quantitative estimate of drug-likeness (QED) is 0.772. The molecule has 0 saturated carbocycles. The number of sulfonamides is 1. The highest BCUT2D eigenvalue weighted by molar-refractivity contribution is 9.10. The molecule has 0 amide bonds. The highest BCUT2D eigenvalue weighted by atomic mass is 79.9. The zero-order valence-corrected chi connectivity index (χ0v) is 12.6. The Morgan fingerprint density at radius 1 is 1.47 bits per heavy atom. The third kappa shape index (κ3) is 3.34. The maximum atomic E-state index is 12.2. The summed E-state index contributed by atoms with van der Waals surface area (Å²) in [5.74, 6) is 0.557. The molecular formula is C10H13BrClNO3S. The van der Waals surface area contributed by atoms with Crippen molar-refractivity contribution in [3.05, 3.63) is 22.7 Å². The number of halogens is 2. The van der Waals surface area contributed by atoms with Crippen LogP contribution in [0.3, 0.4) is 0 Å². The van der Waals surface area contributed by atoms with Gasteiger partial charge in [0.15, 0.2) is 0 Å². The standard InChI is InChI=1S/C10H13BrClNO3S/c1-13(6-5-12)17(14,15)10-7-8(11)3-4-9(10)16-2/h3-4,7H,5-6H2,1-2H3. The Morgan fingerprint density at radius 3 is 2.65 bits per heavy atom. The number of hydrogen-bond donors (Lipinski definition) is 0. The van der Waals surface area contributed by atoms with Crippen LogP contribution in [0.15, 0.2) is 27.6 Å². The molecule has 17 heavy (non-hydrogen) atoms. The number of alkyl halides is 1. The van der Waals surface area contributed by atoms with Crippen LogP contribution >= 0.6 is 27.5 Å². The maximum Gasteiger partial charge on any atom is 0.246 e. The fraction of sp³-hybridized carbons (Fsp3) is 0.400. The van der Waals surface area contributed by atoms with E-state index in [1.54, 1.807) is 12.1 Å². The summed E-state index contributed by atoms with van der Waals surface area (Å²) in [6.45, 7) is 0.250. The molecule has 1 rings (SSSR count).